The van der Waals surface area contributed by atoms with Crippen molar-refractivity contribution < 1.29 is 29.4 Å². The van der Waals surface area contributed by atoms with Gasteiger partial charge in [0.1, 0.15) is 12.1 Å². The molecule has 0 aliphatic rings. The van der Waals surface area contributed by atoms with Gasteiger partial charge in [-0.25, -0.2) is 4.79 Å². The third-order valence-electron chi connectivity index (χ3n) is 4.61. The molecule has 0 aromatic heterocycles. The molecule has 0 aliphatic carbocycles. The summed E-state index contributed by atoms with van der Waals surface area (Å²) in [5.41, 5.74) is 5.82. The average molecular weight is 402 g/mol. The van der Waals surface area contributed by atoms with Gasteiger partial charge in [-0.15, -0.1) is 0 Å². The zero-order valence-electron chi connectivity index (χ0n) is 17.4. The molecule has 0 aromatic rings. The van der Waals surface area contributed by atoms with Crippen LogP contribution in [0.5, 0.6) is 0 Å². The number of carbonyl (C=O) groups is 4. The first-order valence-corrected chi connectivity index (χ1v) is 9.40. The van der Waals surface area contributed by atoms with Gasteiger partial charge in [-0.1, -0.05) is 34.1 Å². The van der Waals surface area contributed by atoms with E-state index in [1.165, 1.54) is 13.8 Å². The highest BCUT2D eigenvalue weighted by atomic mass is 16.4. The summed E-state index contributed by atoms with van der Waals surface area (Å²) in [6, 6.07) is -4.25. The lowest BCUT2D eigenvalue weighted by Gasteiger charge is -2.27. The lowest BCUT2D eigenvalue weighted by Crippen LogP contribution is -2.59. The molecule has 0 heterocycles. The van der Waals surface area contributed by atoms with Crippen LogP contribution in [-0.4, -0.2) is 64.2 Å². The number of carbonyl (C=O) groups excluding carboxylic acids is 3. The number of aliphatic hydroxyl groups excluding tert-OH is 1. The number of rotatable bonds is 11. The van der Waals surface area contributed by atoms with Gasteiger partial charge in [0.25, 0.3) is 0 Å². The molecule has 28 heavy (non-hydrogen) atoms. The molecule has 7 N–H and O–H groups in total. The Morgan fingerprint density at radius 1 is 0.857 bits per heavy atom. The minimum absolute atomic E-state index is 0.112. The minimum Gasteiger partial charge on any atom is -0.480 e. The zero-order valence-corrected chi connectivity index (χ0v) is 17.4. The van der Waals surface area contributed by atoms with Gasteiger partial charge in [-0.05, 0) is 25.7 Å². The van der Waals surface area contributed by atoms with Crippen LogP contribution in [0, 0.1) is 11.8 Å². The van der Waals surface area contributed by atoms with Crippen LogP contribution in [0.3, 0.4) is 0 Å². The van der Waals surface area contributed by atoms with Crippen molar-refractivity contribution in [2.45, 2.75) is 78.2 Å². The second kappa shape index (κ2) is 11.6. The SMILES string of the molecule is CCC(C)C(NC(=O)C(N)C(C)C)C(=O)NC(C)C(=O)NC(C(=O)O)C(C)O. The molecule has 0 saturated heterocycles. The summed E-state index contributed by atoms with van der Waals surface area (Å²) in [6.45, 7) is 9.82. The van der Waals surface area contributed by atoms with Gasteiger partial charge in [0.05, 0.1) is 12.1 Å². The van der Waals surface area contributed by atoms with Crippen LogP contribution in [-0.2, 0) is 19.2 Å². The molecule has 6 unspecified atom stereocenters. The molecule has 0 aromatic carbocycles. The van der Waals surface area contributed by atoms with E-state index in [1.54, 1.807) is 20.8 Å². The van der Waals surface area contributed by atoms with Crippen molar-refractivity contribution in [1.82, 2.24) is 16.0 Å². The van der Waals surface area contributed by atoms with E-state index in [2.05, 4.69) is 16.0 Å². The number of nitrogens with one attached hydrogen (secondary N) is 3. The highest BCUT2D eigenvalue weighted by Crippen LogP contribution is 2.10. The number of hydrogen-bond acceptors (Lipinski definition) is 6. The van der Waals surface area contributed by atoms with Crippen molar-refractivity contribution in [1.29, 1.82) is 0 Å². The molecular weight excluding hydrogens is 368 g/mol. The number of carboxylic acids is 1. The lowest BCUT2D eigenvalue weighted by molar-refractivity contribution is -0.145. The largest absolute Gasteiger partial charge is 0.480 e. The Morgan fingerprint density at radius 3 is 1.75 bits per heavy atom. The number of nitrogens with two attached hydrogens (primary N) is 1. The fourth-order valence-electron chi connectivity index (χ4n) is 2.29. The molecule has 0 saturated carbocycles. The van der Waals surface area contributed by atoms with Gasteiger partial charge in [0.15, 0.2) is 6.04 Å². The third-order valence-corrected chi connectivity index (χ3v) is 4.61. The molecule has 0 fully saturated rings. The maximum atomic E-state index is 12.6. The third kappa shape index (κ3) is 7.81. The van der Waals surface area contributed by atoms with Crippen molar-refractivity contribution in [3.8, 4) is 0 Å². The Labute approximate surface area is 165 Å². The topological polar surface area (TPSA) is 171 Å². The Morgan fingerprint density at radius 2 is 1.36 bits per heavy atom. The normalized spacial score (nSPS) is 17.6. The van der Waals surface area contributed by atoms with Crippen LogP contribution in [0.1, 0.15) is 48.0 Å². The van der Waals surface area contributed by atoms with Crippen molar-refractivity contribution in [2.75, 3.05) is 0 Å². The van der Waals surface area contributed by atoms with E-state index in [4.69, 9.17) is 10.8 Å². The summed E-state index contributed by atoms with van der Waals surface area (Å²) in [5.74, 6) is -3.54. The molecule has 3 amide bonds. The first kappa shape index (κ1) is 25.8. The number of amides is 3. The Bertz CT molecular complexity index is 566. The molecule has 0 bridgehead atoms. The average Bonchev–Trinajstić information content (AvgIpc) is 2.61. The standard InChI is InChI=1S/C18H34N4O6/c1-7-9(4)13(21-16(25)12(19)8(2)3)17(26)20-10(5)15(24)22-14(11(6)23)18(27)28/h8-14,23H,7,19H2,1-6H3,(H,20,26)(H,21,25)(H,22,24)(H,27,28). The van der Waals surface area contributed by atoms with E-state index < -0.39 is 54.0 Å². The van der Waals surface area contributed by atoms with E-state index >= 15 is 0 Å². The van der Waals surface area contributed by atoms with Gasteiger partial charge in [-0.3, -0.25) is 14.4 Å². The molecule has 0 rings (SSSR count). The van der Waals surface area contributed by atoms with E-state index in [9.17, 15) is 24.3 Å². The van der Waals surface area contributed by atoms with Crippen molar-refractivity contribution in [3.63, 3.8) is 0 Å². The summed E-state index contributed by atoms with van der Waals surface area (Å²) < 4.78 is 0. The van der Waals surface area contributed by atoms with E-state index in [-0.39, 0.29) is 11.8 Å². The summed E-state index contributed by atoms with van der Waals surface area (Å²) in [5, 5.41) is 25.7. The maximum absolute atomic E-state index is 12.6. The molecular formula is C18H34N4O6. The smallest absolute Gasteiger partial charge is 0.328 e. The first-order valence-electron chi connectivity index (χ1n) is 9.40. The first-order chi connectivity index (χ1) is 12.8. The predicted molar refractivity (Wildman–Crippen MR) is 103 cm³/mol. The fourth-order valence-corrected chi connectivity index (χ4v) is 2.29. The second-order valence-corrected chi connectivity index (χ2v) is 7.44. The second-order valence-electron chi connectivity index (χ2n) is 7.44. The summed E-state index contributed by atoms with van der Waals surface area (Å²) >= 11 is 0. The molecule has 162 valence electrons. The van der Waals surface area contributed by atoms with Gasteiger partial charge in [0, 0.05) is 0 Å². The predicted octanol–water partition coefficient (Wildman–Crippen LogP) is -1.04. The zero-order chi connectivity index (χ0) is 22.2. The van der Waals surface area contributed by atoms with Crippen LogP contribution in [0.25, 0.3) is 0 Å². The molecule has 0 radical (unpaired) electrons. The highest BCUT2D eigenvalue weighted by molar-refractivity contribution is 5.94. The monoisotopic (exact) mass is 402 g/mol. The molecule has 10 heteroatoms. The quantitative estimate of drug-likeness (QED) is 0.256. The van der Waals surface area contributed by atoms with Crippen LogP contribution in [0.2, 0.25) is 0 Å². The van der Waals surface area contributed by atoms with Gasteiger partial charge in [0.2, 0.25) is 17.7 Å². The molecule has 0 spiro atoms. The van der Waals surface area contributed by atoms with E-state index in [0.717, 1.165) is 0 Å². The van der Waals surface area contributed by atoms with Gasteiger partial charge in [-0.2, -0.15) is 0 Å². The molecule has 0 aliphatic heterocycles. The highest BCUT2D eigenvalue weighted by Gasteiger charge is 2.32. The summed E-state index contributed by atoms with van der Waals surface area (Å²) in [4.78, 5) is 48.1. The van der Waals surface area contributed by atoms with E-state index in [0.29, 0.717) is 6.42 Å². The van der Waals surface area contributed by atoms with Crippen LogP contribution in [0.15, 0.2) is 0 Å². The van der Waals surface area contributed by atoms with Crippen molar-refractivity contribution >= 4 is 23.7 Å². The minimum atomic E-state index is -1.50. The lowest BCUT2D eigenvalue weighted by atomic mass is 9.96. The number of hydrogen-bond donors (Lipinski definition) is 6. The molecule has 10 nitrogen and oxygen atoms in total. The number of aliphatic hydroxyl groups is 1. The van der Waals surface area contributed by atoms with Gasteiger partial charge >= 0.3 is 5.97 Å². The fraction of sp³-hybridized carbons (Fsp3) is 0.778. The van der Waals surface area contributed by atoms with Crippen LogP contribution >= 0.6 is 0 Å². The van der Waals surface area contributed by atoms with Gasteiger partial charge < -0.3 is 31.9 Å². The van der Waals surface area contributed by atoms with Crippen LogP contribution < -0.4 is 21.7 Å². The summed E-state index contributed by atoms with van der Waals surface area (Å²) in [6.07, 6.45) is -0.715. The Kier molecular flexibility index (Phi) is 10.7. The van der Waals surface area contributed by atoms with Crippen molar-refractivity contribution in [2.24, 2.45) is 17.6 Å². The summed E-state index contributed by atoms with van der Waals surface area (Å²) in [7, 11) is 0. The number of carboxylic acid groups (broad SMARTS) is 1. The number of aliphatic carboxylic acids is 1. The Balaban J connectivity index is 5.13. The molecule has 6 atom stereocenters. The van der Waals surface area contributed by atoms with Crippen molar-refractivity contribution in [3.05, 3.63) is 0 Å². The Hall–Kier alpha value is -2.20. The van der Waals surface area contributed by atoms with E-state index in [1.807, 2.05) is 6.92 Å². The maximum Gasteiger partial charge on any atom is 0.328 e. The van der Waals surface area contributed by atoms with Crippen LogP contribution in [0.4, 0.5) is 0 Å².